The van der Waals surface area contributed by atoms with Crippen LogP contribution in [-0.4, -0.2) is 30.8 Å². The molecule has 3 nitrogen and oxygen atoms in total. The molecule has 2 atom stereocenters. The number of hydrogen-bond acceptors (Lipinski definition) is 3. The lowest BCUT2D eigenvalue weighted by Gasteiger charge is -2.24. The van der Waals surface area contributed by atoms with Crippen molar-refractivity contribution in [2.45, 2.75) is 13.0 Å². The summed E-state index contributed by atoms with van der Waals surface area (Å²) in [6.45, 7) is 3.85. The van der Waals surface area contributed by atoms with Crippen LogP contribution in [0.4, 0.5) is 0 Å². The van der Waals surface area contributed by atoms with Crippen LogP contribution in [0.2, 0.25) is 0 Å². The quantitative estimate of drug-likeness (QED) is 0.423. The highest BCUT2D eigenvalue weighted by Gasteiger charge is 2.35. The molecule has 0 bridgehead atoms. The number of rotatable bonds is 1. The minimum absolute atomic E-state index is 0.0833. The van der Waals surface area contributed by atoms with E-state index in [1.54, 1.807) is 0 Å². The number of nitrogens with one attached hydrogen (secondary N) is 1. The molecule has 1 fully saturated rings. The lowest BCUT2D eigenvalue weighted by atomic mass is 9.87. The molecule has 0 radical (unpaired) electrons. The summed E-state index contributed by atoms with van der Waals surface area (Å²) in [7, 11) is 0. The molecule has 1 rings (SSSR count). The molecule has 1 saturated heterocycles. The van der Waals surface area contributed by atoms with E-state index >= 15 is 0 Å². The van der Waals surface area contributed by atoms with Gasteiger partial charge in [0.1, 0.15) is 0 Å². The van der Waals surface area contributed by atoms with E-state index in [2.05, 4.69) is 5.32 Å². The molecule has 1 heterocycles. The van der Waals surface area contributed by atoms with E-state index in [4.69, 9.17) is 10.8 Å². The molecule has 4 N–H and O–H groups in total. The van der Waals surface area contributed by atoms with Crippen LogP contribution in [0.25, 0.3) is 0 Å². The number of aliphatic hydroxyl groups is 1. The van der Waals surface area contributed by atoms with E-state index < -0.39 is 0 Å². The second-order valence-electron chi connectivity index (χ2n) is 3.05. The molecule has 0 aromatic rings. The average molecular weight is 130 g/mol. The molecular formula is C6H14N2O. The molecular weight excluding hydrogens is 116 g/mol. The summed E-state index contributed by atoms with van der Waals surface area (Å²) in [6.07, 6.45) is 0. The molecule has 1 aliphatic heterocycles. The lowest BCUT2D eigenvalue weighted by molar-refractivity contribution is 0.146. The predicted octanol–water partition coefficient (Wildman–Crippen LogP) is -1.08. The van der Waals surface area contributed by atoms with E-state index in [0.717, 1.165) is 13.1 Å². The Kier molecular flexibility index (Phi) is 1.75. The minimum Gasteiger partial charge on any atom is -0.396 e. The molecule has 0 saturated carbocycles. The van der Waals surface area contributed by atoms with Crippen LogP contribution in [0.5, 0.6) is 0 Å². The maximum absolute atomic E-state index is 8.88. The summed E-state index contributed by atoms with van der Waals surface area (Å²) in [6, 6.07) is 0.113. The summed E-state index contributed by atoms with van der Waals surface area (Å²) < 4.78 is 0. The SMILES string of the molecule is CC1(CO)CNCC1N. The van der Waals surface area contributed by atoms with Crippen LogP contribution in [0.1, 0.15) is 6.92 Å². The van der Waals surface area contributed by atoms with E-state index in [0.29, 0.717) is 0 Å². The number of hydrogen-bond donors (Lipinski definition) is 3. The van der Waals surface area contributed by atoms with Crippen LogP contribution < -0.4 is 11.1 Å². The highest BCUT2D eigenvalue weighted by Crippen LogP contribution is 2.21. The van der Waals surface area contributed by atoms with Crippen molar-refractivity contribution >= 4 is 0 Å². The van der Waals surface area contributed by atoms with Crippen LogP contribution in [-0.2, 0) is 0 Å². The topological polar surface area (TPSA) is 58.3 Å². The molecule has 1 aliphatic rings. The monoisotopic (exact) mass is 130 g/mol. The fourth-order valence-corrected chi connectivity index (χ4v) is 1.06. The maximum Gasteiger partial charge on any atom is 0.0512 e. The van der Waals surface area contributed by atoms with Gasteiger partial charge in [0, 0.05) is 24.5 Å². The third-order valence-corrected chi connectivity index (χ3v) is 2.15. The Hall–Kier alpha value is -0.120. The second kappa shape index (κ2) is 2.25. The fourth-order valence-electron chi connectivity index (χ4n) is 1.06. The zero-order valence-electron chi connectivity index (χ0n) is 5.72. The van der Waals surface area contributed by atoms with Crippen molar-refractivity contribution in [1.29, 1.82) is 0 Å². The molecule has 0 spiro atoms. The minimum atomic E-state index is -0.0833. The Labute approximate surface area is 55.2 Å². The largest absolute Gasteiger partial charge is 0.396 e. The highest BCUT2D eigenvalue weighted by molar-refractivity contribution is 4.93. The first-order chi connectivity index (χ1) is 4.19. The molecule has 0 aromatic carbocycles. The normalized spacial score (nSPS) is 43.7. The summed E-state index contributed by atoms with van der Waals surface area (Å²) in [4.78, 5) is 0. The van der Waals surface area contributed by atoms with E-state index in [-0.39, 0.29) is 18.1 Å². The Morgan fingerprint density at radius 3 is 2.78 bits per heavy atom. The van der Waals surface area contributed by atoms with E-state index in [1.807, 2.05) is 6.92 Å². The van der Waals surface area contributed by atoms with Crippen molar-refractivity contribution in [2.75, 3.05) is 19.7 Å². The summed E-state index contributed by atoms with van der Waals surface area (Å²) in [5.41, 5.74) is 5.62. The predicted molar refractivity (Wildman–Crippen MR) is 36.0 cm³/mol. The van der Waals surface area contributed by atoms with Crippen molar-refractivity contribution in [1.82, 2.24) is 5.32 Å². The number of nitrogens with two attached hydrogens (primary N) is 1. The summed E-state index contributed by atoms with van der Waals surface area (Å²) in [5.74, 6) is 0. The third kappa shape index (κ3) is 1.08. The van der Waals surface area contributed by atoms with Gasteiger partial charge in [0.25, 0.3) is 0 Å². The maximum atomic E-state index is 8.88. The first kappa shape index (κ1) is 6.99. The lowest BCUT2D eigenvalue weighted by Crippen LogP contribution is -2.40. The van der Waals surface area contributed by atoms with Gasteiger partial charge in [-0.15, -0.1) is 0 Å². The first-order valence-corrected chi connectivity index (χ1v) is 3.26. The Morgan fingerprint density at radius 2 is 2.56 bits per heavy atom. The number of aliphatic hydroxyl groups excluding tert-OH is 1. The van der Waals surface area contributed by atoms with Gasteiger partial charge in [-0.25, -0.2) is 0 Å². The van der Waals surface area contributed by atoms with Crippen molar-refractivity contribution in [3.8, 4) is 0 Å². The van der Waals surface area contributed by atoms with Crippen molar-refractivity contribution in [2.24, 2.45) is 11.1 Å². The molecule has 54 valence electrons. The summed E-state index contributed by atoms with van der Waals surface area (Å²) in [5, 5.41) is 12.0. The Bertz CT molecular complexity index is 107. The van der Waals surface area contributed by atoms with Crippen LogP contribution in [0, 0.1) is 5.41 Å². The molecule has 0 amide bonds. The standard InChI is InChI=1S/C6H14N2O/c1-6(4-9)3-8-2-5(6)7/h5,8-9H,2-4,7H2,1H3. The van der Waals surface area contributed by atoms with Gasteiger partial charge in [-0.05, 0) is 0 Å². The van der Waals surface area contributed by atoms with Crippen LogP contribution in [0.3, 0.4) is 0 Å². The van der Waals surface area contributed by atoms with Gasteiger partial charge in [0.05, 0.1) is 6.61 Å². The zero-order chi connectivity index (χ0) is 6.91. The van der Waals surface area contributed by atoms with Crippen LogP contribution in [0.15, 0.2) is 0 Å². The fraction of sp³-hybridized carbons (Fsp3) is 1.00. The van der Waals surface area contributed by atoms with Gasteiger partial charge < -0.3 is 16.2 Å². The van der Waals surface area contributed by atoms with Gasteiger partial charge in [-0.2, -0.15) is 0 Å². The second-order valence-corrected chi connectivity index (χ2v) is 3.05. The van der Waals surface area contributed by atoms with E-state index in [9.17, 15) is 0 Å². The Balaban J connectivity index is 2.56. The highest BCUT2D eigenvalue weighted by atomic mass is 16.3. The molecule has 9 heavy (non-hydrogen) atoms. The van der Waals surface area contributed by atoms with Crippen LogP contribution >= 0.6 is 0 Å². The molecule has 3 heteroatoms. The van der Waals surface area contributed by atoms with Crippen molar-refractivity contribution in [3.05, 3.63) is 0 Å². The molecule has 0 aliphatic carbocycles. The molecule has 0 aromatic heterocycles. The van der Waals surface area contributed by atoms with Gasteiger partial charge in [0.2, 0.25) is 0 Å². The van der Waals surface area contributed by atoms with E-state index in [1.165, 1.54) is 0 Å². The van der Waals surface area contributed by atoms with Gasteiger partial charge in [0.15, 0.2) is 0 Å². The van der Waals surface area contributed by atoms with Gasteiger partial charge in [-0.1, -0.05) is 6.92 Å². The van der Waals surface area contributed by atoms with Crippen molar-refractivity contribution < 1.29 is 5.11 Å². The van der Waals surface area contributed by atoms with Gasteiger partial charge in [-0.3, -0.25) is 0 Å². The first-order valence-electron chi connectivity index (χ1n) is 3.26. The third-order valence-electron chi connectivity index (χ3n) is 2.15. The smallest absolute Gasteiger partial charge is 0.0512 e. The van der Waals surface area contributed by atoms with Gasteiger partial charge >= 0.3 is 0 Å². The molecule has 2 unspecified atom stereocenters. The van der Waals surface area contributed by atoms with Crippen molar-refractivity contribution in [3.63, 3.8) is 0 Å². The Morgan fingerprint density at radius 1 is 1.89 bits per heavy atom. The average Bonchev–Trinajstić information content (AvgIpc) is 2.15. The summed E-state index contributed by atoms with van der Waals surface area (Å²) >= 11 is 0. The zero-order valence-corrected chi connectivity index (χ0v) is 5.72.